The van der Waals surface area contributed by atoms with Crippen LogP contribution in [0.15, 0.2) is 0 Å². The van der Waals surface area contributed by atoms with Gasteiger partial charge >= 0.3 is 0 Å². The van der Waals surface area contributed by atoms with Gasteiger partial charge in [-0.2, -0.15) is 0 Å². The van der Waals surface area contributed by atoms with Gasteiger partial charge in [-0.1, -0.05) is 69.2 Å². The van der Waals surface area contributed by atoms with Crippen molar-refractivity contribution >= 4 is 0 Å². The van der Waals surface area contributed by atoms with Crippen molar-refractivity contribution in [3.05, 3.63) is 0 Å². The molecule has 0 aromatic carbocycles. The van der Waals surface area contributed by atoms with Crippen molar-refractivity contribution in [1.82, 2.24) is 0 Å². The van der Waals surface area contributed by atoms with E-state index < -0.39 is 0 Å². The monoisotopic (exact) mass is 226 g/mol. The fraction of sp³-hybridized carbons (Fsp3) is 1.00. The van der Waals surface area contributed by atoms with E-state index in [1.807, 2.05) is 0 Å². The molecule has 2 atom stereocenters. The first-order valence-corrected chi connectivity index (χ1v) is 6.99. The highest BCUT2D eigenvalue weighted by atomic mass is 14.5. The minimum Gasteiger partial charge on any atom is -0.0625 e. The normalized spacial score (nSPS) is 19.3. The Morgan fingerprint density at radius 3 is 1.19 bits per heavy atom. The summed E-state index contributed by atoms with van der Waals surface area (Å²) in [5.41, 5.74) is 0.778. The summed E-state index contributed by atoms with van der Waals surface area (Å²) in [7, 11) is 0. The van der Waals surface area contributed by atoms with Gasteiger partial charge in [0, 0.05) is 0 Å². The molecule has 16 heavy (non-hydrogen) atoms. The molecular formula is C16H34. The van der Waals surface area contributed by atoms with E-state index in [-0.39, 0.29) is 0 Å². The lowest BCUT2D eigenvalue weighted by Gasteiger charge is -2.55. The molecule has 0 aromatic heterocycles. The molecule has 0 aliphatic rings. The van der Waals surface area contributed by atoms with Crippen molar-refractivity contribution in [2.75, 3.05) is 0 Å². The molecule has 0 saturated heterocycles. The second-order valence-corrected chi connectivity index (χ2v) is 7.35. The molecule has 0 radical (unpaired) electrons. The van der Waals surface area contributed by atoms with Crippen LogP contribution in [0.2, 0.25) is 0 Å². The second-order valence-electron chi connectivity index (χ2n) is 7.35. The Bertz CT molecular complexity index is 210. The van der Waals surface area contributed by atoms with E-state index in [1.165, 1.54) is 0 Å². The lowest BCUT2D eigenvalue weighted by Crippen LogP contribution is -2.48. The van der Waals surface area contributed by atoms with E-state index in [2.05, 4.69) is 69.2 Å². The van der Waals surface area contributed by atoms with Crippen LogP contribution in [0.3, 0.4) is 0 Å². The minimum absolute atomic E-state index is 0.380. The molecule has 98 valence electrons. The highest BCUT2D eigenvalue weighted by Crippen LogP contribution is 2.55. The van der Waals surface area contributed by atoms with Gasteiger partial charge in [-0.3, -0.25) is 0 Å². The molecule has 0 N–H and O–H groups in total. The average Bonchev–Trinajstić information content (AvgIpc) is 2.14. The van der Waals surface area contributed by atoms with Gasteiger partial charge in [-0.15, -0.1) is 0 Å². The summed E-state index contributed by atoms with van der Waals surface area (Å²) in [4.78, 5) is 0. The van der Waals surface area contributed by atoms with Gasteiger partial charge in [0.15, 0.2) is 0 Å². The zero-order valence-corrected chi connectivity index (χ0v) is 13.3. The first-order valence-electron chi connectivity index (χ1n) is 6.99. The van der Waals surface area contributed by atoms with Crippen molar-refractivity contribution in [1.29, 1.82) is 0 Å². The minimum atomic E-state index is 0.380. The summed E-state index contributed by atoms with van der Waals surface area (Å²) in [6.45, 7) is 24.1. The summed E-state index contributed by atoms with van der Waals surface area (Å²) in [5, 5.41) is 0. The van der Waals surface area contributed by atoms with Crippen LogP contribution in [0.1, 0.15) is 69.2 Å². The SMILES string of the molecule is CC(C)C(C)C(C)(C(C)C)C(C)(C)C(C)C. The van der Waals surface area contributed by atoms with Gasteiger partial charge in [0.1, 0.15) is 0 Å². The van der Waals surface area contributed by atoms with Crippen LogP contribution in [-0.4, -0.2) is 0 Å². The fourth-order valence-electron chi connectivity index (χ4n) is 3.17. The van der Waals surface area contributed by atoms with E-state index >= 15 is 0 Å². The average molecular weight is 226 g/mol. The second kappa shape index (κ2) is 5.10. The van der Waals surface area contributed by atoms with Crippen molar-refractivity contribution in [3.8, 4) is 0 Å². The Morgan fingerprint density at radius 2 is 1.00 bits per heavy atom. The Labute approximate surface area is 104 Å². The summed E-state index contributed by atoms with van der Waals surface area (Å²) in [6, 6.07) is 0. The molecule has 0 amide bonds. The zero-order valence-electron chi connectivity index (χ0n) is 13.3. The quantitative estimate of drug-likeness (QED) is 0.570. The fourth-order valence-corrected chi connectivity index (χ4v) is 3.17. The van der Waals surface area contributed by atoms with Crippen LogP contribution in [0, 0.1) is 34.5 Å². The van der Waals surface area contributed by atoms with Gasteiger partial charge in [-0.05, 0) is 34.5 Å². The highest BCUT2D eigenvalue weighted by Gasteiger charge is 2.49. The van der Waals surface area contributed by atoms with Crippen LogP contribution >= 0.6 is 0 Å². The predicted molar refractivity (Wildman–Crippen MR) is 75.6 cm³/mol. The lowest BCUT2D eigenvalue weighted by atomic mass is 9.50. The molecule has 0 rings (SSSR count). The largest absolute Gasteiger partial charge is 0.0625 e. The maximum atomic E-state index is 2.50. The Hall–Kier alpha value is 0. The topological polar surface area (TPSA) is 0 Å². The van der Waals surface area contributed by atoms with Crippen molar-refractivity contribution in [2.45, 2.75) is 69.2 Å². The third kappa shape index (κ3) is 2.46. The number of hydrogen-bond donors (Lipinski definition) is 0. The summed E-state index contributed by atoms with van der Waals surface area (Å²) in [6.07, 6.45) is 0. The molecule has 0 aromatic rings. The van der Waals surface area contributed by atoms with Crippen LogP contribution in [-0.2, 0) is 0 Å². The van der Waals surface area contributed by atoms with E-state index in [0.717, 1.165) is 23.7 Å². The molecule has 0 heterocycles. The van der Waals surface area contributed by atoms with Crippen LogP contribution in [0.25, 0.3) is 0 Å². The van der Waals surface area contributed by atoms with Gasteiger partial charge in [0.2, 0.25) is 0 Å². The standard InChI is InChI=1S/C16H34/c1-11(2)14(7)16(10,13(5)6)15(8,9)12(3)4/h11-14H,1-10H3. The molecule has 0 spiro atoms. The van der Waals surface area contributed by atoms with Gasteiger partial charge in [-0.25, -0.2) is 0 Å². The van der Waals surface area contributed by atoms with Crippen LogP contribution < -0.4 is 0 Å². The van der Waals surface area contributed by atoms with Crippen molar-refractivity contribution in [2.24, 2.45) is 34.5 Å². The summed E-state index contributed by atoms with van der Waals surface area (Å²) in [5.74, 6) is 2.96. The first-order chi connectivity index (χ1) is 6.99. The van der Waals surface area contributed by atoms with E-state index in [1.54, 1.807) is 0 Å². The molecule has 0 aliphatic carbocycles. The van der Waals surface area contributed by atoms with Gasteiger partial charge in [0.05, 0.1) is 0 Å². The molecule has 2 unspecified atom stereocenters. The van der Waals surface area contributed by atoms with Crippen LogP contribution in [0.4, 0.5) is 0 Å². The maximum Gasteiger partial charge on any atom is -0.0221 e. The van der Waals surface area contributed by atoms with E-state index in [0.29, 0.717) is 10.8 Å². The number of rotatable bonds is 5. The Kier molecular flexibility index (Phi) is 5.10. The highest BCUT2D eigenvalue weighted by molar-refractivity contribution is 4.97. The summed E-state index contributed by atoms with van der Waals surface area (Å²) >= 11 is 0. The molecular weight excluding hydrogens is 192 g/mol. The molecule has 0 fully saturated rings. The number of hydrogen-bond acceptors (Lipinski definition) is 0. The Balaban J connectivity index is 5.43. The summed E-state index contributed by atoms with van der Waals surface area (Å²) < 4.78 is 0. The first kappa shape index (κ1) is 16.0. The molecule has 0 aliphatic heterocycles. The molecule has 0 heteroatoms. The van der Waals surface area contributed by atoms with E-state index in [4.69, 9.17) is 0 Å². The van der Waals surface area contributed by atoms with E-state index in [9.17, 15) is 0 Å². The van der Waals surface area contributed by atoms with Gasteiger partial charge in [0.25, 0.3) is 0 Å². The maximum absolute atomic E-state index is 2.50. The van der Waals surface area contributed by atoms with Crippen LogP contribution in [0.5, 0.6) is 0 Å². The third-order valence-corrected chi connectivity index (χ3v) is 5.98. The predicted octanol–water partition coefficient (Wildman–Crippen LogP) is 5.62. The third-order valence-electron chi connectivity index (χ3n) is 5.98. The van der Waals surface area contributed by atoms with Gasteiger partial charge < -0.3 is 0 Å². The Morgan fingerprint density at radius 1 is 0.625 bits per heavy atom. The van der Waals surface area contributed by atoms with Crippen molar-refractivity contribution < 1.29 is 0 Å². The lowest BCUT2D eigenvalue weighted by molar-refractivity contribution is -0.0654. The molecule has 0 nitrogen and oxygen atoms in total. The van der Waals surface area contributed by atoms with Crippen molar-refractivity contribution in [3.63, 3.8) is 0 Å². The molecule has 0 bridgehead atoms. The zero-order chi connectivity index (χ0) is 13.3. The molecule has 0 saturated carbocycles. The smallest absolute Gasteiger partial charge is 0.0221 e.